The molecule has 11 heavy (non-hydrogen) atoms. The molecule has 1 aromatic heterocycles. The summed E-state index contributed by atoms with van der Waals surface area (Å²) in [6.07, 6.45) is 3.45. The summed E-state index contributed by atoms with van der Waals surface area (Å²) < 4.78 is 0. The van der Waals surface area contributed by atoms with E-state index >= 15 is 0 Å². The van der Waals surface area contributed by atoms with Gasteiger partial charge in [-0.25, -0.2) is 0 Å². The smallest absolute Gasteiger partial charge is 0.0458 e. The molecule has 0 aliphatic carbocycles. The van der Waals surface area contributed by atoms with Crippen LogP contribution in [0.1, 0.15) is 30.7 Å². The van der Waals surface area contributed by atoms with Gasteiger partial charge in [0, 0.05) is 15.9 Å². The zero-order valence-corrected chi connectivity index (χ0v) is 8.00. The lowest BCUT2D eigenvalue weighted by Gasteiger charge is -1.99. The summed E-state index contributed by atoms with van der Waals surface area (Å²) in [6, 6.07) is 0. The molecule has 0 saturated heterocycles. The van der Waals surface area contributed by atoms with E-state index in [2.05, 4.69) is 19.2 Å². The number of nitrogens with two attached hydrogens (primary N) is 1. The van der Waals surface area contributed by atoms with Gasteiger partial charge in [-0.05, 0) is 18.4 Å². The van der Waals surface area contributed by atoms with Crippen LogP contribution < -0.4 is 5.73 Å². The summed E-state index contributed by atoms with van der Waals surface area (Å²) in [4.78, 5) is 1.46. The molecule has 2 N–H and O–H groups in total. The third kappa shape index (κ3) is 1.74. The van der Waals surface area contributed by atoms with E-state index in [1.165, 1.54) is 16.9 Å². The number of thiophene rings is 1. The van der Waals surface area contributed by atoms with E-state index in [1.54, 1.807) is 11.3 Å². The van der Waals surface area contributed by atoms with Crippen LogP contribution in [-0.2, 0) is 12.8 Å². The van der Waals surface area contributed by atoms with Gasteiger partial charge in [-0.15, -0.1) is 11.3 Å². The molecule has 1 rings (SSSR count). The van der Waals surface area contributed by atoms with Gasteiger partial charge < -0.3 is 5.73 Å². The van der Waals surface area contributed by atoms with Crippen molar-refractivity contribution in [3.8, 4) is 0 Å². The van der Waals surface area contributed by atoms with Crippen molar-refractivity contribution in [2.75, 3.05) is 5.73 Å². The van der Waals surface area contributed by atoms with Crippen LogP contribution in [0.15, 0.2) is 5.38 Å². The minimum Gasteiger partial charge on any atom is -0.398 e. The van der Waals surface area contributed by atoms with Gasteiger partial charge >= 0.3 is 0 Å². The van der Waals surface area contributed by atoms with E-state index in [0.29, 0.717) is 0 Å². The highest BCUT2D eigenvalue weighted by Gasteiger charge is 2.05. The Bertz CT molecular complexity index is 227. The van der Waals surface area contributed by atoms with Gasteiger partial charge in [0.2, 0.25) is 0 Å². The zero-order valence-electron chi connectivity index (χ0n) is 7.18. The number of aryl methyl sites for hydroxylation is 1. The molecule has 0 fully saturated rings. The Labute approximate surface area is 72.2 Å². The normalized spacial score (nSPS) is 10.4. The van der Waals surface area contributed by atoms with Crippen molar-refractivity contribution in [1.82, 2.24) is 0 Å². The fourth-order valence-corrected chi connectivity index (χ4v) is 2.21. The van der Waals surface area contributed by atoms with Gasteiger partial charge in [0.15, 0.2) is 0 Å². The van der Waals surface area contributed by atoms with Crippen molar-refractivity contribution >= 4 is 17.0 Å². The van der Waals surface area contributed by atoms with E-state index in [9.17, 15) is 0 Å². The van der Waals surface area contributed by atoms with E-state index in [1.807, 2.05) is 0 Å². The summed E-state index contributed by atoms with van der Waals surface area (Å²) >= 11 is 1.79. The van der Waals surface area contributed by atoms with Crippen molar-refractivity contribution in [2.45, 2.75) is 33.1 Å². The molecule has 0 amide bonds. The maximum Gasteiger partial charge on any atom is 0.0458 e. The molecular weight excluding hydrogens is 154 g/mol. The predicted octanol–water partition coefficient (Wildman–Crippen LogP) is 2.85. The minimum absolute atomic E-state index is 0.994. The second kappa shape index (κ2) is 3.77. The lowest BCUT2D eigenvalue weighted by atomic mass is 10.1. The highest BCUT2D eigenvalue weighted by Crippen LogP contribution is 2.26. The average Bonchev–Trinajstić information content (AvgIpc) is 2.34. The molecule has 0 spiro atoms. The van der Waals surface area contributed by atoms with Crippen LogP contribution in [0.5, 0.6) is 0 Å². The topological polar surface area (TPSA) is 26.0 Å². The maximum absolute atomic E-state index is 5.81. The van der Waals surface area contributed by atoms with Crippen LogP contribution in [0.25, 0.3) is 0 Å². The number of hydrogen-bond acceptors (Lipinski definition) is 2. The van der Waals surface area contributed by atoms with Gasteiger partial charge in [-0.3, -0.25) is 0 Å². The summed E-state index contributed by atoms with van der Waals surface area (Å²) in [6.45, 7) is 4.38. The second-order valence-electron chi connectivity index (χ2n) is 2.70. The summed E-state index contributed by atoms with van der Waals surface area (Å²) in [5, 5.41) is 2.06. The first-order valence-corrected chi connectivity index (χ1v) is 5.02. The molecule has 1 aromatic rings. The second-order valence-corrected chi connectivity index (χ2v) is 3.66. The fraction of sp³-hybridized carbons (Fsp3) is 0.556. The Morgan fingerprint density at radius 3 is 2.73 bits per heavy atom. The van der Waals surface area contributed by atoms with Gasteiger partial charge in [-0.2, -0.15) is 0 Å². The number of anilines is 1. The molecule has 0 bridgehead atoms. The van der Waals surface area contributed by atoms with Crippen molar-refractivity contribution in [3.63, 3.8) is 0 Å². The fourth-order valence-electron chi connectivity index (χ4n) is 1.27. The van der Waals surface area contributed by atoms with Crippen LogP contribution in [-0.4, -0.2) is 0 Å². The third-order valence-corrected chi connectivity index (χ3v) is 3.03. The third-order valence-electron chi connectivity index (χ3n) is 1.83. The van der Waals surface area contributed by atoms with Gasteiger partial charge in [0.25, 0.3) is 0 Å². The summed E-state index contributed by atoms with van der Waals surface area (Å²) in [5.74, 6) is 0. The van der Waals surface area contributed by atoms with Crippen LogP contribution in [0.3, 0.4) is 0 Å². The van der Waals surface area contributed by atoms with E-state index in [4.69, 9.17) is 5.73 Å². The Morgan fingerprint density at radius 1 is 1.45 bits per heavy atom. The average molecular weight is 169 g/mol. The number of hydrogen-bond donors (Lipinski definition) is 1. The number of rotatable bonds is 3. The lowest BCUT2D eigenvalue weighted by Crippen LogP contribution is -1.92. The minimum atomic E-state index is 0.994. The molecule has 0 aliphatic heterocycles. The van der Waals surface area contributed by atoms with Crippen molar-refractivity contribution in [3.05, 3.63) is 15.8 Å². The summed E-state index contributed by atoms with van der Waals surface area (Å²) in [5.41, 5.74) is 8.20. The Balaban J connectivity index is 2.88. The Hall–Kier alpha value is -0.500. The highest BCUT2D eigenvalue weighted by atomic mass is 32.1. The van der Waals surface area contributed by atoms with Crippen LogP contribution in [0, 0.1) is 0 Å². The first-order valence-electron chi connectivity index (χ1n) is 4.14. The molecule has 0 saturated carbocycles. The summed E-state index contributed by atoms with van der Waals surface area (Å²) in [7, 11) is 0. The van der Waals surface area contributed by atoms with Crippen molar-refractivity contribution in [2.24, 2.45) is 0 Å². The Kier molecular flexibility index (Phi) is 2.94. The molecule has 0 atom stereocenters. The molecule has 0 unspecified atom stereocenters. The van der Waals surface area contributed by atoms with Gasteiger partial charge in [0.1, 0.15) is 0 Å². The molecule has 0 aromatic carbocycles. The lowest BCUT2D eigenvalue weighted by molar-refractivity contribution is 0.913. The monoisotopic (exact) mass is 169 g/mol. The SMILES string of the molecule is CCCc1c(N)csc1CC. The first-order chi connectivity index (χ1) is 5.29. The van der Waals surface area contributed by atoms with Crippen molar-refractivity contribution < 1.29 is 0 Å². The molecule has 0 aliphatic rings. The van der Waals surface area contributed by atoms with E-state index in [0.717, 1.165) is 18.5 Å². The van der Waals surface area contributed by atoms with Crippen LogP contribution in [0.4, 0.5) is 5.69 Å². The van der Waals surface area contributed by atoms with Crippen LogP contribution in [0.2, 0.25) is 0 Å². The van der Waals surface area contributed by atoms with Crippen LogP contribution >= 0.6 is 11.3 Å². The predicted molar refractivity (Wildman–Crippen MR) is 52.1 cm³/mol. The molecule has 1 nitrogen and oxygen atoms in total. The van der Waals surface area contributed by atoms with Crippen molar-refractivity contribution in [1.29, 1.82) is 0 Å². The molecule has 0 radical (unpaired) electrons. The van der Waals surface area contributed by atoms with Gasteiger partial charge in [0.05, 0.1) is 0 Å². The zero-order chi connectivity index (χ0) is 8.27. The Morgan fingerprint density at radius 2 is 2.18 bits per heavy atom. The van der Waals surface area contributed by atoms with E-state index in [-0.39, 0.29) is 0 Å². The standard InChI is InChI=1S/C9H15NS/c1-3-5-7-8(10)6-11-9(7)4-2/h6H,3-5,10H2,1-2H3. The highest BCUT2D eigenvalue weighted by molar-refractivity contribution is 7.10. The maximum atomic E-state index is 5.81. The first kappa shape index (κ1) is 8.60. The molecule has 1 heterocycles. The number of nitrogen functional groups attached to an aromatic ring is 1. The molecule has 2 heteroatoms. The largest absolute Gasteiger partial charge is 0.398 e. The molecule has 62 valence electrons. The quantitative estimate of drug-likeness (QED) is 0.739. The molecular formula is C9H15NS. The van der Waals surface area contributed by atoms with Gasteiger partial charge in [-0.1, -0.05) is 20.3 Å². The van der Waals surface area contributed by atoms with E-state index < -0.39 is 0 Å².